The molecule has 0 heterocycles. The zero-order chi connectivity index (χ0) is 18.2. The van der Waals surface area contributed by atoms with Gasteiger partial charge in [-0.25, -0.2) is 4.79 Å². The quantitative estimate of drug-likeness (QED) is 0.646. The molecule has 2 aromatic rings. The summed E-state index contributed by atoms with van der Waals surface area (Å²) in [4.78, 5) is 23.5. The van der Waals surface area contributed by atoms with Crippen molar-refractivity contribution in [3.05, 3.63) is 65.2 Å². The SMILES string of the molecule is COc1cccc(C=CC(=O)OCC(=O)Nc2ccc(C)c(C)c2)c1. The average Bonchev–Trinajstić information content (AvgIpc) is 2.61. The number of hydrogen-bond acceptors (Lipinski definition) is 4. The molecule has 2 aromatic carbocycles. The van der Waals surface area contributed by atoms with Gasteiger partial charge in [-0.15, -0.1) is 0 Å². The van der Waals surface area contributed by atoms with Gasteiger partial charge in [-0.05, 0) is 60.9 Å². The van der Waals surface area contributed by atoms with Crippen molar-refractivity contribution in [2.75, 3.05) is 19.0 Å². The molecule has 0 fully saturated rings. The van der Waals surface area contributed by atoms with Gasteiger partial charge in [-0.2, -0.15) is 0 Å². The van der Waals surface area contributed by atoms with E-state index in [9.17, 15) is 9.59 Å². The van der Waals surface area contributed by atoms with Crippen molar-refractivity contribution in [3.63, 3.8) is 0 Å². The number of aryl methyl sites for hydroxylation is 2. The normalized spacial score (nSPS) is 10.5. The standard InChI is InChI=1S/C20H21NO4/c1-14-7-9-17(11-15(14)2)21-19(22)13-25-20(23)10-8-16-5-4-6-18(12-16)24-3/h4-12H,13H2,1-3H3,(H,21,22). The maximum Gasteiger partial charge on any atom is 0.331 e. The van der Waals surface area contributed by atoms with E-state index >= 15 is 0 Å². The van der Waals surface area contributed by atoms with E-state index in [1.54, 1.807) is 19.3 Å². The minimum Gasteiger partial charge on any atom is -0.497 e. The van der Waals surface area contributed by atoms with Crippen molar-refractivity contribution in [1.29, 1.82) is 0 Å². The number of amides is 1. The lowest BCUT2D eigenvalue weighted by atomic mass is 10.1. The summed E-state index contributed by atoms with van der Waals surface area (Å²) in [6, 6.07) is 12.9. The molecule has 0 bridgehead atoms. The smallest absolute Gasteiger partial charge is 0.331 e. The summed E-state index contributed by atoms with van der Waals surface area (Å²) in [6.45, 7) is 3.62. The predicted octanol–water partition coefficient (Wildman–Crippen LogP) is 3.51. The summed E-state index contributed by atoms with van der Waals surface area (Å²) in [6.07, 6.45) is 2.88. The first-order chi connectivity index (χ1) is 12.0. The molecule has 0 radical (unpaired) electrons. The highest BCUT2D eigenvalue weighted by Crippen LogP contribution is 2.14. The van der Waals surface area contributed by atoms with Crippen molar-refractivity contribution < 1.29 is 19.1 Å². The van der Waals surface area contributed by atoms with Gasteiger partial charge in [0.1, 0.15) is 5.75 Å². The molecule has 0 aromatic heterocycles. The molecule has 130 valence electrons. The lowest BCUT2D eigenvalue weighted by Gasteiger charge is -2.07. The summed E-state index contributed by atoms with van der Waals surface area (Å²) in [7, 11) is 1.57. The molecular weight excluding hydrogens is 318 g/mol. The third kappa shape index (κ3) is 5.80. The molecule has 0 saturated heterocycles. The topological polar surface area (TPSA) is 64.6 Å². The van der Waals surface area contributed by atoms with Gasteiger partial charge in [-0.1, -0.05) is 18.2 Å². The van der Waals surface area contributed by atoms with E-state index in [2.05, 4.69) is 5.32 Å². The van der Waals surface area contributed by atoms with E-state index in [0.29, 0.717) is 11.4 Å². The van der Waals surface area contributed by atoms with Crippen molar-refractivity contribution in [2.24, 2.45) is 0 Å². The van der Waals surface area contributed by atoms with Gasteiger partial charge in [0.05, 0.1) is 7.11 Å². The highest BCUT2D eigenvalue weighted by atomic mass is 16.5. The van der Waals surface area contributed by atoms with Gasteiger partial charge >= 0.3 is 5.97 Å². The Balaban J connectivity index is 1.83. The Morgan fingerprint density at radius 3 is 2.60 bits per heavy atom. The van der Waals surface area contributed by atoms with Crippen molar-refractivity contribution in [2.45, 2.75) is 13.8 Å². The summed E-state index contributed by atoms with van der Waals surface area (Å²) in [5.74, 6) is -0.271. The van der Waals surface area contributed by atoms with Crippen LogP contribution in [0.5, 0.6) is 5.75 Å². The molecule has 0 atom stereocenters. The van der Waals surface area contributed by atoms with Crippen LogP contribution in [0.25, 0.3) is 6.08 Å². The number of methoxy groups -OCH3 is 1. The van der Waals surface area contributed by atoms with Crippen LogP contribution < -0.4 is 10.1 Å². The Morgan fingerprint density at radius 1 is 1.08 bits per heavy atom. The molecule has 5 nitrogen and oxygen atoms in total. The fourth-order valence-corrected chi connectivity index (χ4v) is 2.11. The molecule has 0 aliphatic rings. The van der Waals surface area contributed by atoms with Gasteiger partial charge in [0.25, 0.3) is 5.91 Å². The van der Waals surface area contributed by atoms with Gasteiger partial charge in [0.2, 0.25) is 0 Å². The molecule has 0 spiro atoms. The van der Waals surface area contributed by atoms with Crippen LogP contribution in [-0.4, -0.2) is 25.6 Å². The van der Waals surface area contributed by atoms with Gasteiger partial charge in [0, 0.05) is 11.8 Å². The molecule has 0 saturated carbocycles. The molecule has 0 unspecified atom stereocenters. The zero-order valence-electron chi connectivity index (χ0n) is 14.5. The maximum absolute atomic E-state index is 11.8. The summed E-state index contributed by atoms with van der Waals surface area (Å²) >= 11 is 0. The van der Waals surface area contributed by atoms with Crippen LogP contribution in [0.2, 0.25) is 0 Å². The summed E-state index contributed by atoms with van der Waals surface area (Å²) in [5, 5.41) is 2.70. The lowest BCUT2D eigenvalue weighted by molar-refractivity contribution is -0.142. The predicted molar refractivity (Wildman–Crippen MR) is 97.5 cm³/mol. The number of rotatable bonds is 6. The maximum atomic E-state index is 11.8. The Labute approximate surface area is 147 Å². The first-order valence-corrected chi connectivity index (χ1v) is 7.84. The third-order valence-electron chi connectivity index (χ3n) is 3.64. The van der Waals surface area contributed by atoms with Crippen LogP contribution in [0.15, 0.2) is 48.5 Å². The lowest BCUT2D eigenvalue weighted by Crippen LogP contribution is -2.20. The number of anilines is 1. The van der Waals surface area contributed by atoms with E-state index in [1.807, 2.05) is 50.2 Å². The zero-order valence-corrected chi connectivity index (χ0v) is 14.5. The number of esters is 1. The summed E-state index contributed by atoms with van der Waals surface area (Å²) in [5.41, 5.74) is 3.70. The average molecular weight is 339 g/mol. The van der Waals surface area contributed by atoms with Crippen LogP contribution in [0.1, 0.15) is 16.7 Å². The van der Waals surface area contributed by atoms with Gasteiger partial charge in [0.15, 0.2) is 6.61 Å². The third-order valence-corrected chi connectivity index (χ3v) is 3.64. The Bertz CT molecular complexity index is 796. The number of carbonyl (C=O) groups excluding carboxylic acids is 2. The molecule has 5 heteroatoms. The molecule has 1 N–H and O–H groups in total. The number of ether oxygens (including phenoxy) is 2. The van der Waals surface area contributed by atoms with Crippen molar-refractivity contribution >= 4 is 23.6 Å². The minimum atomic E-state index is -0.585. The van der Waals surface area contributed by atoms with Crippen LogP contribution in [0.3, 0.4) is 0 Å². The summed E-state index contributed by atoms with van der Waals surface area (Å²) < 4.78 is 10.0. The number of nitrogens with one attached hydrogen (secondary N) is 1. The molecule has 0 aliphatic carbocycles. The highest BCUT2D eigenvalue weighted by molar-refractivity contribution is 5.94. The van der Waals surface area contributed by atoms with Crippen LogP contribution in [0.4, 0.5) is 5.69 Å². The molecule has 1 amide bonds. The van der Waals surface area contributed by atoms with E-state index in [0.717, 1.165) is 16.7 Å². The highest BCUT2D eigenvalue weighted by Gasteiger charge is 2.06. The van der Waals surface area contributed by atoms with Crippen LogP contribution >= 0.6 is 0 Å². The van der Waals surface area contributed by atoms with Crippen LogP contribution in [-0.2, 0) is 14.3 Å². The Hall–Kier alpha value is -3.08. The fourth-order valence-electron chi connectivity index (χ4n) is 2.11. The van der Waals surface area contributed by atoms with Gasteiger partial charge < -0.3 is 14.8 Å². The van der Waals surface area contributed by atoms with Crippen molar-refractivity contribution in [1.82, 2.24) is 0 Å². The van der Waals surface area contributed by atoms with Crippen molar-refractivity contribution in [3.8, 4) is 5.75 Å². The Kier molecular flexibility index (Phi) is 6.34. The number of hydrogen-bond donors (Lipinski definition) is 1. The second-order valence-corrected chi connectivity index (χ2v) is 5.56. The first-order valence-electron chi connectivity index (χ1n) is 7.84. The molecule has 0 aliphatic heterocycles. The van der Waals surface area contributed by atoms with Crippen LogP contribution in [0, 0.1) is 13.8 Å². The number of carbonyl (C=O) groups is 2. The molecule has 25 heavy (non-hydrogen) atoms. The largest absolute Gasteiger partial charge is 0.497 e. The molecule has 2 rings (SSSR count). The fraction of sp³-hybridized carbons (Fsp3) is 0.200. The first kappa shape index (κ1) is 18.3. The van der Waals surface area contributed by atoms with E-state index in [4.69, 9.17) is 9.47 Å². The van der Waals surface area contributed by atoms with E-state index < -0.39 is 5.97 Å². The van der Waals surface area contributed by atoms with E-state index in [1.165, 1.54) is 6.08 Å². The van der Waals surface area contributed by atoms with Gasteiger partial charge in [-0.3, -0.25) is 4.79 Å². The molecular formula is C20H21NO4. The second kappa shape index (κ2) is 8.68. The minimum absolute atomic E-state index is 0.339. The monoisotopic (exact) mass is 339 g/mol. The Morgan fingerprint density at radius 2 is 1.88 bits per heavy atom. The van der Waals surface area contributed by atoms with E-state index in [-0.39, 0.29) is 12.5 Å². The second-order valence-electron chi connectivity index (χ2n) is 5.56. The number of benzene rings is 2.